The molecule has 1 N–H and O–H groups in total. The Morgan fingerprint density at radius 1 is 1.29 bits per heavy atom. The van der Waals surface area contributed by atoms with Crippen LogP contribution in [0.1, 0.15) is 32.8 Å². The zero-order valence-electron chi connectivity index (χ0n) is 9.67. The number of benzene rings is 1. The molecule has 0 saturated carbocycles. The first kappa shape index (κ1) is 11.1. The number of hydrogen-bond donors (Lipinski definition) is 1. The van der Waals surface area contributed by atoms with Crippen molar-refractivity contribution in [3.8, 4) is 0 Å². The van der Waals surface area contributed by atoms with Crippen LogP contribution >= 0.6 is 0 Å². The predicted octanol–water partition coefficient (Wildman–Crippen LogP) is 3.84. The lowest BCUT2D eigenvalue weighted by atomic mass is 10.0. The number of hydrogen-bond acceptors (Lipinski definition) is 1. The summed E-state index contributed by atoms with van der Waals surface area (Å²) in [5.74, 6) is 0.718. The molecule has 0 aliphatic carbocycles. The molecule has 1 rings (SSSR count). The monoisotopic (exact) mass is 191 g/mol. The van der Waals surface area contributed by atoms with Crippen LogP contribution in [0.25, 0.3) is 0 Å². The summed E-state index contributed by atoms with van der Waals surface area (Å²) in [6, 6.07) is 9.09. The maximum absolute atomic E-state index is 3.53. The van der Waals surface area contributed by atoms with Crippen molar-refractivity contribution >= 4 is 5.69 Å². The van der Waals surface area contributed by atoms with Crippen LogP contribution in [0.5, 0.6) is 0 Å². The molecule has 0 saturated heterocycles. The zero-order valence-corrected chi connectivity index (χ0v) is 9.67. The van der Waals surface area contributed by atoms with Gasteiger partial charge < -0.3 is 5.32 Å². The molecule has 0 heterocycles. The predicted molar refractivity (Wildman–Crippen MR) is 63.7 cm³/mol. The highest BCUT2D eigenvalue weighted by molar-refractivity contribution is 5.46. The van der Waals surface area contributed by atoms with Crippen LogP contribution in [-0.4, -0.2) is 6.04 Å². The molecule has 0 spiro atoms. The Bertz CT molecular complexity index is 280. The van der Waals surface area contributed by atoms with Crippen LogP contribution in [0.2, 0.25) is 0 Å². The molecule has 0 aliphatic rings. The normalized spacial score (nSPS) is 14.9. The molecule has 1 aromatic carbocycles. The second-order valence-electron chi connectivity index (χ2n) is 4.19. The van der Waals surface area contributed by atoms with Crippen molar-refractivity contribution < 1.29 is 0 Å². The van der Waals surface area contributed by atoms with Gasteiger partial charge in [-0.1, -0.05) is 32.4 Å². The minimum absolute atomic E-state index is 0.543. The average molecular weight is 191 g/mol. The maximum Gasteiger partial charge on any atom is 0.0344 e. The Labute approximate surface area is 87.5 Å². The number of aryl methyl sites for hydroxylation is 1. The highest BCUT2D eigenvalue weighted by atomic mass is 14.9. The van der Waals surface area contributed by atoms with Crippen molar-refractivity contribution in [1.29, 1.82) is 0 Å². The van der Waals surface area contributed by atoms with E-state index in [0.717, 1.165) is 5.92 Å². The molecule has 0 aromatic heterocycles. The van der Waals surface area contributed by atoms with Crippen LogP contribution < -0.4 is 5.32 Å². The molecule has 0 bridgehead atoms. The van der Waals surface area contributed by atoms with E-state index < -0.39 is 0 Å². The van der Waals surface area contributed by atoms with Gasteiger partial charge in [0.1, 0.15) is 0 Å². The number of nitrogens with one attached hydrogen (secondary N) is 1. The number of rotatable bonds is 4. The molecular weight excluding hydrogens is 170 g/mol. The first-order chi connectivity index (χ1) is 6.63. The third-order valence-corrected chi connectivity index (χ3v) is 2.91. The lowest BCUT2D eigenvalue weighted by Crippen LogP contribution is -2.23. The van der Waals surface area contributed by atoms with Crippen molar-refractivity contribution in [2.24, 2.45) is 5.92 Å². The van der Waals surface area contributed by atoms with Gasteiger partial charge in [0.25, 0.3) is 0 Å². The van der Waals surface area contributed by atoms with E-state index in [1.807, 2.05) is 0 Å². The van der Waals surface area contributed by atoms with Crippen LogP contribution in [0, 0.1) is 12.8 Å². The fourth-order valence-corrected chi connectivity index (χ4v) is 1.49. The van der Waals surface area contributed by atoms with Gasteiger partial charge >= 0.3 is 0 Å². The Hall–Kier alpha value is -0.980. The van der Waals surface area contributed by atoms with Gasteiger partial charge in [0.2, 0.25) is 0 Å². The second kappa shape index (κ2) is 5.04. The first-order valence-electron chi connectivity index (χ1n) is 5.46. The minimum Gasteiger partial charge on any atom is -0.382 e. The van der Waals surface area contributed by atoms with E-state index in [4.69, 9.17) is 0 Å². The third-order valence-electron chi connectivity index (χ3n) is 2.91. The van der Waals surface area contributed by atoms with Crippen molar-refractivity contribution in [3.63, 3.8) is 0 Å². The Morgan fingerprint density at radius 3 is 2.57 bits per heavy atom. The molecule has 1 heteroatoms. The lowest BCUT2D eigenvalue weighted by molar-refractivity contribution is 0.494. The van der Waals surface area contributed by atoms with Crippen molar-refractivity contribution in [1.82, 2.24) is 0 Å². The first-order valence-corrected chi connectivity index (χ1v) is 5.46. The van der Waals surface area contributed by atoms with E-state index in [9.17, 15) is 0 Å². The van der Waals surface area contributed by atoms with Gasteiger partial charge in [-0.2, -0.15) is 0 Å². The smallest absolute Gasteiger partial charge is 0.0344 e. The molecule has 0 aliphatic heterocycles. The summed E-state index contributed by atoms with van der Waals surface area (Å²) >= 11 is 0. The molecule has 0 radical (unpaired) electrons. The standard InChI is InChI=1S/C13H21N/c1-5-11(3)12(4)14-13-8-6-7-10(2)9-13/h6-9,11-12,14H,5H2,1-4H3/t11-,12+/m0/s1. The zero-order chi connectivity index (χ0) is 10.6. The third kappa shape index (κ3) is 3.06. The Morgan fingerprint density at radius 2 is 2.00 bits per heavy atom. The fourth-order valence-electron chi connectivity index (χ4n) is 1.49. The summed E-state index contributed by atoms with van der Waals surface area (Å²) in [5.41, 5.74) is 2.55. The van der Waals surface area contributed by atoms with Crippen molar-refractivity contribution in [2.75, 3.05) is 5.32 Å². The maximum atomic E-state index is 3.53. The summed E-state index contributed by atoms with van der Waals surface area (Å²) in [4.78, 5) is 0. The van der Waals surface area contributed by atoms with E-state index in [1.165, 1.54) is 17.7 Å². The second-order valence-corrected chi connectivity index (χ2v) is 4.19. The van der Waals surface area contributed by atoms with Crippen molar-refractivity contribution in [3.05, 3.63) is 29.8 Å². The van der Waals surface area contributed by atoms with Crippen LogP contribution in [-0.2, 0) is 0 Å². The van der Waals surface area contributed by atoms with Crippen molar-refractivity contribution in [2.45, 2.75) is 40.2 Å². The van der Waals surface area contributed by atoms with E-state index >= 15 is 0 Å². The van der Waals surface area contributed by atoms with Crippen LogP contribution in [0.15, 0.2) is 24.3 Å². The topological polar surface area (TPSA) is 12.0 Å². The highest BCUT2D eigenvalue weighted by Gasteiger charge is 2.09. The molecular formula is C13H21N. The summed E-state index contributed by atoms with van der Waals surface area (Å²) in [5, 5.41) is 3.53. The summed E-state index contributed by atoms with van der Waals surface area (Å²) in [6.45, 7) is 8.89. The molecule has 0 unspecified atom stereocenters. The molecule has 1 nitrogen and oxygen atoms in total. The molecule has 1 aromatic rings. The average Bonchev–Trinajstić information content (AvgIpc) is 2.16. The van der Waals surface area contributed by atoms with Gasteiger partial charge in [-0.25, -0.2) is 0 Å². The van der Waals surface area contributed by atoms with E-state index in [2.05, 4.69) is 57.3 Å². The molecule has 78 valence electrons. The minimum atomic E-state index is 0.543. The quantitative estimate of drug-likeness (QED) is 0.762. The summed E-state index contributed by atoms with van der Waals surface area (Å²) in [6.07, 6.45) is 1.22. The molecule has 14 heavy (non-hydrogen) atoms. The SMILES string of the molecule is CC[C@H](C)[C@@H](C)Nc1cccc(C)c1. The molecule has 2 atom stereocenters. The van der Waals surface area contributed by atoms with Crippen LogP contribution in [0.3, 0.4) is 0 Å². The summed E-state index contributed by atoms with van der Waals surface area (Å²) < 4.78 is 0. The van der Waals surface area contributed by atoms with E-state index in [0.29, 0.717) is 6.04 Å². The Balaban J connectivity index is 2.60. The van der Waals surface area contributed by atoms with E-state index in [1.54, 1.807) is 0 Å². The molecule has 0 fully saturated rings. The number of anilines is 1. The van der Waals surface area contributed by atoms with Gasteiger partial charge in [-0.3, -0.25) is 0 Å². The largest absolute Gasteiger partial charge is 0.382 e. The highest BCUT2D eigenvalue weighted by Crippen LogP contribution is 2.15. The van der Waals surface area contributed by atoms with Crippen LogP contribution in [0.4, 0.5) is 5.69 Å². The van der Waals surface area contributed by atoms with Gasteiger partial charge in [-0.15, -0.1) is 0 Å². The van der Waals surface area contributed by atoms with Gasteiger partial charge in [-0.05, 0) is 37.5 Å². The van der Waals surface area contributed by atoms with Gasteiger partial charge in [0.15, 0.2) is 0 Å². The fraction of sp³-hybridized carbons (Fsp3) is 0.538. The lowest BCUT2D eigenvalue weighted by Gasteiger charge is -2.21. The molecule has 0 amide bonds. The van der Waals surface area contributed by atoms with E-state index in [-0.39, 0.29) is 0 Å². The van der Waals surface area contributed by atoms with Gasteiger partial charge in [0, 0.05) is 11.7 Å². The summed E-state index contributed by atoms with van der Waals surface area (Å²) in [7, 11) is 0. The van der Waals surface area contributed by atoms with Gasteiger partial charge in [0.05, 0.1) is 0 Å². The Kier molecular flexibility index (Phi) is 3.99.